The molecular formula is C51H81N7O17. The van der Waals surface area contributed by atoms with Crippen LogP contribution in [-0.2, 0) is 38.4 Å². The third-order valence-corrected chi connectivity index (χ3v) is 14.6. The van der Waals surface area contributed by atoms with Gasteiger partial charge in [-0.25, -0.2) is 0 Å². The van der Waals surface area contributed by atoms with Crippen LogP contribution in [0.1, 0.15) is 136 Å². The number of fused-ring (bicyclic) bond motifs is 2. The normalized spacial score (nSPS) is 29.1. The van der Waals surface area contributed by atoms with Crippen molar-refractivity contribution in [3.8, 4) is 5.75 Å². The summed E-state index contributed by atoms with van der Waals surface area (Å²) in [5.74, 6) is -10.2. The molecule has 24 nitrogen and oxygen atoms in total. The fourth-order valence-corrected chi connectivity index (χ4v) is 10.1. The summed E-state index contributed by atoms with van der Waals surface area (Å²) in [5.41, 5.74) is 5.26. The standard InChI is InChI=1S/C51H81N7O17/c1-5-26(2)20-27(3)12-10-8-6-7-9-11-13-40(67)53-33-23-38(65)48(72)56-49(73)43-35(62)18-19-57(43)51(75)42(37(64)24-39(52)66)55-46(70)32(45(69)44(68)29-14-16-30(60)17-15-29)22-36(63)34-21-31(61)25-58(34)50(74)41(28(4)59)54-47(33)71/h14-17,26-28,31-35,37-38,41-45,48,59-62,64-65,68-69,72H,5-13,18-25H2,1-4H3,(H2,52,66)(H,53,67)(H,54,71)(H,55,70)(H,56,73)/t26?,27?,28-,31-,32?,33+,34?,35+,37?,38-,41?,42?,43?,44?,45?,48-/m1/s1. The van der Waals surface area contributed by atoms with Crippen LogP contribution < -0.4 is 27.0 Å². The first-order valence-corrected chi connectivity index (χ1v) is 26.2. The number of ketones is 1. The van der Waals surface area contributed by atoms with Gasteiger partial charge in [0.05, 0.1) is 48.9 Å². The summed E-state index contributed by atoms with van der Waals surface area (Å²) in [6, 6.07) is -4.73. The largest absolute Gasteiger partial charge is 0.508 e. The zero-order valence-electron chi connectivity index (χ0n) is 43.3. The number of nitrogens with zero attached hydrogens (tertiary/aromatic N) is 2. The van der Waals surface area contributed by atoms with Gasteiger partial charge in [-0.2, -0.15) is 0 Å². The van der Waals surface area contributed by atoms with E-state index in [9.17, 15) is 84.3 Å². The number of primary amides is 1. The summed E-state index contributed by atoms with van der Waals surface area (Å²) >= 11 is 0. The average molecular weight is 1060 g/mol. The highest BCUT2D eigenvalue weighted by Gasteiger charge is 2.49. The fourth-order valence-electron chi connectivity index (χ4n) is 10.1. The van der Waals surface area contributed by atoms with Gasteiger partial charge in [0.25, 0.3) is 0 Å². The van der Waals surface area contributed by atoms with Gasteiger partial charge in [0.15, 0.2) is 12.0 Å². The highest BCUT2D eigenvalue weighted by Crippen LogP contribution is 2.30. The summed E-state index contributed by atoms with van der Waals surface area (Å²) in [4.78, 5) is 113. The number of carbonyl (C=O) groups excluding carboxylic acids is 8. The second-order valence-corrected chi connectivity index (χ2v) is 20.9. The summed E-state index contributed by atoms with van der Waals surface area (Å²) in [5, 5.41) is 108. The van der Waals surface area contributed by atoms with E-state index in [4.69, 9.17) is 5.73 Å². The van der Waals surface area contributed by atoms with Gasteiger partial charge in [0.1, 0.15) is 42.1 Å². The van der Waals surface area contributed by atoms with Crippen LogP contribution in [0.2, 0.25) is 0 Å². The number of phenols is 1. The lowest BCUT2D eigenvalue weighted by Crippen LogP contribution is -2.61. The van der Waals surface area contributed by atoms with Crippen LogP contribution in [0.4, 0.5) is 0 Å². The van der Waals surface area contributed by atoms with Crippen LogP contribution in [-0.4, -0.2) is 189 Å². The number of Topliss-reactive ketones (excluding diaryl/α,β-unsaturated/α-hetero) is 1. The molecule has 0 radical (unpaired) electrons. The predicted octanol–water partition coefficient (Wildman–Crippen LogP) is -2.25. The number of carbonyl (C=O) groups is 8. The zero-order chi connectivity index (χ0) is 55.8. The second-order valence-electron chi connectivity index (χ2n) is 20.9. The van der Waals surface area contributed by atoms with Crippen molar-refractivity contribution in [3.63, 3.8) is 0 Å². The SMILES string of the molecule is CCC(C)CC(C)CCCCCCCCC(=O)N[C@H]1C[C@@H](O)[C@@H](O)NC(=O)C2[C@@H](O)CCN2C(=O)C(C(O)CC(N)=O)NC(=O)C(C(O)C(O)c2ccc(O)cc2)CC(=O)C2C[C@@H](O)CN2C(=O)C([C@@H](C)O)NC1=O. The molecule has 422 valence electrons. The van der Waals surface area contributed by atoms with E-state index in [2.05, 4.69) is 42.0 Å². The Balaban J connectivity index is 1.69. The van der Waals surface area contributed by atoms with Crippen molar-refractivity contribution in [3.05, 3.63) is 29.8 Å². The molecule has 0 aliphatic carbocycles. The van der Waals surface area contributed by atoms with Gasteiger partial charge in [-0.3, -0.25) is 38.4 Å². The molecule has 24 heteroatoms. The number of rotatable bonds is 20. The molecule has 3 aliphatic rings. The Labute approximate surface area is 436 Å². The van der Waals surface area contributed by atoms with Crippen molar-refractivity contribution >= 4 is 47.1 Å². The minimum Gasteiger partial charge on any atom is -0.508 e. The molecule has 10 unspecified atom stereocenters. The van der Waals surface area contributed by atoms with E-state index in [-0.39, 0.29) is 24.2 Å². The Bertz CT molecular complexity index is 2100. The monoisotopic (exact) mass is 1060 g/mol. The first-order chi connectivity index (χ1) is 35.3. The maximum absolute atomic E-state index is 14.4. The van der Waals surface area contributed by atoms with E-state index >= 15 is 0 Å². The first-order valence-electron chi connectivity index (χ1n) is 26.2. The summed E-state index contributed by atoms with van der Waals surface area (Å²) in [7, 11) is 0. The average Bonchev–Trinajstić information content (AvgIpc) is 3.95. The number of nitrogens with one attached hydrogen (secondary N) is 4. The zero-order valence-corrected chi connectivity index (χ0v) is 43.3. The van der Waals surface area contributed by atoms with E-state index < -0.39 is 171 Å². The van der Waals surface area contributed by atoms with E-state index in [1.807, 2.05) is 0 Å². The Hall–Kier alpha value is -5.34. The molecule has 7 amide bonds. The third-order valence-electron chi connectivity index (χ3n) is 14.6. The highest BCUT2D eigenvalue weighted by atomic mass is 16.3. The van der Waals surface area contributed by atoms with Crippen LogP contribution in [0.3, 0.4) is 0 Å². The number of aliphatic hydroxyl groups excluding tert-OH is 8. The van der Waals surface area contributed by atoms with Gasteiger partial charge in [-0.1, -0.05) is 77.8 Å². The molecule has 0 saturated carbocycles. The van der Waals surface area contributed by atoms with Crippen LogP contribution in [0, 0.1) is 17.8 Å². The second kappa shape index (κ2) is 29.3. The molecule has 0 aromatic heterocycles. The Morgan fingerprint density at radius 2 is 1.37 bits per heavy atom. The molecular weight excluding hydrogens is 983 g/mol. The third kappa shape index (κ3) is 17.9. The summed E-state index contributed by atoms with van der Waals surface area (Å²) in [6.45, 7) is 6.84. The molecule has 4 rings (SSSR count). The molecule has 3 fully saturated rings. The van der Waals surface area contributed by atoms with Crippen molar-refractivity contribution in [1.82, 2.24) is 31.1 Å². The van der Waals surface area contributed by atoms with Crippen molar-refractivity contribution in [2.75, 3.05) is 13.1 Å². The molecule has 3 aliphatic heterocycles. The molecule has 16 atom stereocenters. The number of aromatic hydroxyl groups is 1. The minimum absolute atomic E-state index is 0.0725. The van der Waals surface area contributed by atoms with Crippen LogP contribution in [0.5, 0.6) is 5.75 Å². The molecule has 15 N–H and O–H groups in total. The van der Waals surface area contributed by atoms with Gasteiger partial charge in [0, 0.05) is 38.8 Å². The highest BCUT2D eigenvalue weighted by molar-refractivity contribution is 5.98. The van der Waals surface area contributed by atoms with Crippen molar-refractivity contribution < 1.29 is 84.3 Å². The Kier molecular flexibility index (Phi) is 24.3. The molecule has 3 heterocycles. The van der Waals surface area contributed by atoms with Gasteiger partial charge < -0.3 is 82.8 Å². The minimum atomic E-state index is -2.27. The molecule has 0 spiro atoms. The van der Waals surface area contributed by atoms with Crippen LogP contribution in [0.15, 0.2) is 24.3 Å². The number of unbranched alkanes of at least 4 members (excludes halogenated alkanes) is 5. The lowest BCUT2D eigenvalue weighted by molar-refractivity contribution is -0.150. The van der Waals surface area contributed by atoms with E-state index in [0.29, 0.717) is 29.6 Å². The maximum Gasteiger partial charge on any atom is 0.248 e. The number of hydrogen-bond donors (Lipinski definition) is 14. The first kappa shape index (κ1) is 62.2. The number of benzene rings is 1. The lowest BCUT2D eigenvalue weighted by atomic mass is 9.86. The fraction of sp³-hybridized carbons (Fsp3) is 0.725. The summed E-state index contributed by atoms with van der Waals surface area (Å²) in [6.07, 6.45) is -10.8. The number of amides is 7. The van der Waals surface area contributed by atoms with E-state index in [1.165, 1.54) is 18.6 Å². The lowest BCUT2D eigenvalue weighted by Gasteiger charge is -2.34. The Morgan fingerprint density at radius 3 is 2.00 bits per heavy atom. The number of aliphatic hydroxyl groups is 8. The molecule has 1 aromatic carbocycles. The van der Waals surface area contributed by atoms with Crippen molar-refractivity contribution in [2.24, 2.45) is 23.5 Å². The molecule has 75 heavy (non-hydrogen) atoms. The maximum atomic E-state index is 14.4. The number of nitrogens with two attached hydrogens (primary N) is 1. The van der Waals surface area contributed by atoms with E-state index in [0.717, 1.165) is 62.5 Å². The van der Waals surface area contributed by atoms with Crippen molar-refractivity contribution in [1.29, 1.82) is 0 Å². The van der Waals surface area contributed by atoms with Crippen LogP contribution in [0.25, 0.3) is 0 Å². The van der Waals surface area contributed by atoms with Gasteiger partial charge in [-0.15, -0.1) is 0 Å². The topological polar surface area (TPSA) is 399 Å². The van der Waals surface area contributed by atoms with Gasteiger partial charge in [-0.05, 0) is 55.7 Å². The molecule has 3 saturated heterocycles. The van der Waals surface area contributed by atoms with E-state index in [1.54, 1.807) is 0 Å². The number of phenolic OH excluding ortho intramolecular Hbond substituents is 1. The predicted molar refractivity (Wildman–Crippen MR) is 267 cm³/mol. The molecule has 0 bridgehead atoms. The smallest absolute Gasteiger partial charge is 0.248 e. The quantitative estimate of drug-likeness (QED) is 0.0614. The van der Waals surface area contributed by atoms with Crippen molar-refractivity contribution in [2.45, 2.75) is 203 Å². The molecule has 1 aromatic rings. The summed E-state index contributed by atoms with van der Waals surface area (Å²) < 4.78 is 0. The van der Waals surface area contributed by atoms with Crippen LogP contribution >= 0.6 is 0 Å². The van der Waals surface area contributed by atoms with Gasteiger partial charge in [0.2, 0.25) is 41.4 Å². The number of hydrogen-bond acceptors (Lipinski definition) is 17. The Morgan fingerprint density at radius 1 is 0.760 bits per heavy atom. The van der Waals surface area contributed by atoms with Gasteiger partial charge >= 0.3 is 0 Å².